The number of fused-ring (bicyclic) bond motifs is 7. The normalized spacial score (nSPS) is 21.6. The van der Waals surface area contributed by atoms with E-state index in [1.54, 1.807) is 17.3 Å². The number of aromatic amines is 2. The summed E-state index contributed by atoms with van der Waals surface area (Å²) in [5.74, 6) is 1.59. The maximum Gasteiger partial charge on any atom is 0.407 e. The van der Waals surface area contributed by atoms with Crippen LogP contribution in [0.15, 0.2) is 67.0 Å². The zero-order valence-electron chi connectivity index (χ0n) is 39.9. The van der Waals surface area contributed by atoms with E-state index < -0.39 is 36.3 Å². The van der Waals surface area contributed by atoms with Gasteiger partial charge in [0, 0.05) is 41.1 Å². The summed E-state index contributed by atoms with van der Waals surface area (Å²) >= 11 is 0. The minimum atomic E-state index is -0.778. The molecule has 4 amide bonds. The monoisotopic (exact) mass is 953 g/mol. The maximum atomic E-state index is 17.0. The van der Waals surface area contributed by atoms with Crippen LogP contribution < -0.4 is 20.1 Å². The Kier molecular flexibility index (Phi) is 11.3. The standard InChI is InChI=1S/C52H56FN9O8/c1-25(2)44(58-51(65)67-5)48(63)60-14-7-8-37(60)46-54-24-35(57-46)30-17-33(53)43-39-19-31-16-28(11-12-36(31)62(39)50(70-42(43)22-30)29-10-9-27-13-15-69-41(27)21-29)34-23-55-47(56-34)40-20-32-18-38(32)61(40)49(64)45(26(3)4)59-52(66)68-6/h9-12,16-17,19,21-26,32,37-38,40,44-45,50H,7-8,13-15,18,20H2,1-6H3,(H,54,57)(H,55,56)(H,58,65)(H,59,66)/t32-,37+,38-,40+,44?,45?,50?/m1/s1. The lowest BCUT2D eigenvalue weighted by Gasteiger charge is -2.31. The van der Waals surface area contributed by atoms with Crippen LogP contribution in [0.4, 0.5) is 14.0 Å². The van der Waals surface area contributed by atoms with Crippen molar-refractivity contribution in [2.24, 2.45) is 17.8 Å². The van der Waals surface area contributed by atoms with Crippen molar-refractivity contribution in [3.63, 3.8) is 0 Å². The number of piperidine rings is 1. The molecule has 3 aromatic carbocycles. The smallest absolute Gasteiger partial charge is 0.407 e. The molecule has 4 N–H and O–H groups in total. The predicted octanol–water partition coefficient (Wildman–Crippen LogP) is 8.19. The number of nitrogens with zero attached hydrogens (tertiary/aromatic N) is 5. The van der Waals surface area contributed by atoms with Gasteiger partial charge in [0.15, 0.2) is 0 Å². The lowest BCUT2D eigenvalue weighted by molar-refractivity contribution is -0.137. The molecule has 3 unspecified atom stereocenters. The summed E-state index contributed by atoms with van der Waals surface area (Å²) in [4.78, 5) is 72.3. The van der Waals surface area contributed by atoms with Gasteiger partial charge in [-0.15, -0.1) is 0 Å². The SMILES string of the molecule is COC(=O)NC(C(=O)N1CCC[C@H]1c1ncc(-c2cc(F)c3c(c2)OC(c2ccc4c(c2)OCC4)n2c-3cc3cc(-c4cnc([C@@H]5C[C@H]6C[C@H]6N5C(=O)C(NC(=O)OC)C(C)C)[nH]4)ccc32)[nH]1)C(C)C. The second-order valence-corrected chi connectivity index (χ2v) is 19.8. The average Bonchev–Trinajstić information content (AvgIpc) is 4.12. The number of ether oxygens (including phenoxy) is 4. The van der Waals surface area contributed by atoms with Gasteiger partial charge in [-0.25, -0.2) is 23.9 Å². The molecular weight excluding hydrogens is 898 g/mol. The Labute approximate surface area is 403 Å². The van der Waals surface area contributed by atoms with Crippen molar-refractivity contribution in [1.82, 2.24) is 44.9 Å². The first-order chi connectivity index (χ1) is 33.8. The lowest BCUT2D eigenvalue weighted by atomic mass is 10.0. The van der Waals surface area contributed by atoms with Crippen molar-refractivity contribution in [3.8, 4) is 45.3 Å². The highest BCUT2D eigenvalue weighted by Gasteiger charge is 2.56. The number of imidazole rings is 2. The molecular formula is C52H56FN9O8. The van der Waals surface area contributed by atoms with E-state index in [9.17, 15) is 19.2 Å². The highest BCUT2D eigenvalue weighted by Crippen LogP contribution is 2.54. The minimum absolute atomic E-state index is 0.0986. The highest BCUT2D eigenvalue weighted by atomic mass is 19.1. The average molecular weight is 954 g/mol. The predicted molar refractivity (Wildman–Crippen MR) is 255 cm³/mol. The van der Waals surface area contributed by atoms with E-state index in [1.165, 1.54) is 20.3 Å². The third-order valence-corrected chi connectivity index (χ3v) is 14.7. The third-order valence-electron chi connectivity index (χ3n) is 14.7. The molecule has 7 heterocycles. The number of H-pyrrole nitrogens is 2. The minimum Gasteiger partial charge on any atom is -0.493 e. The second kappa shape index (κ2) is 17.5. The maximum absolute atomic E-state index is 17.0. The Morgan fingerprint density at radius 1 is 0.800 bits per heavy atom. The fourth-order valence-corrected chi connectivity index (χ4v) is 11.0. The molecule has 0 spiro atoms. The van der Waals surface area contributed by atoms with Crippen molar-refractivity contribution < 1.29 is 42.5 Å². The first kappa shape index (κ1) is 45.1. The summed E-state index contributed by atoms with van der Waals surface area (Å²) in [5.41, 5.74) is 6.45. The molecule has 11 rings (SSSR count). The summed E-state index contributed by atoms with van der Waals surface area (Å²) < 4.78 is 41.5. The van der Waals surface area contributed by atoms with Gasteiger partial charge >= 0.3 is 12.2 Å². The topological polar surface area (TPSA) is 198 Å². The number of likely N-dealkylation sites (tertiary alicyclic amines) is 2. The molecule has 70 heavy (non-hydrogen) atoms. The first-order valence-corrected chi connectivity index (χ1v) is 24.1. The molecule has 2 saturated heterocycles. The van der Waals surface area contributed by atoms with Crippen LogP contribution in [0.5, 0.6) is 11.5 Å². The molecule has 5 aliphatic rings. The van der Waals surface area contributed by atoms with Crippen molar-refractivity contribution in [2.75, 3.05) is 27.4 Å². The molecule has 0 bridgehead atoms. The Morgan fingerprint density at radius 2 is 1.50 bits per heavy atom. The summed E-state index contributed by atoms with van der Waals surface area (Å²) in [5, 5.41) is 6.29. The number of aromatic nitrogens is 5. The number of hydrogen-bond acceptors (Lipinski definition) is 10. The van der Waals surface area contributed by atoms with Gasteiger partial charge in [0.05, 0.1) is 73.5 Å². The Bertz CT molecular complexity index is 3070. The number of benzene rings is 3. The van der Waals surface area contributed by atoms with Gasteiger partial charge < -0.3 is 53.9 Å². The second-order valence-electron chi connectivity index (χ2n) is 19.8. The Balaban J connectivity index is 0.919. The molecule has 3 fully saturated rings. The van der Waals surface area contributed by atoms with Crippen LogP contribution in [-0.2, 0) is 25.5 Å². The zero-order valence-corrected chi connectivity index (χ0v) is 39.9. The van der Waals surface area contributed by atoms with Crippen LogP contribution in [0.3, 0.4) is 0 Å². The van der Waals surface area contributed by atoms with Crippen LogP contribution in [0, 0.1) is 23.6 Å². The van der Waals surface area contributed by atoms with Crippen molar-refractivity contribution in [2.45, 2.75) is 96.2 Å². The van der Waals surface area contributed by atoms with Crippen LogP contribution in [0.1, 0.15) is 94.5 Å². The van der Waals surface area contributed by atoms with E-state index in [1.807, 2.05) is 73.6 Å². The van der Waals surface area contributed by atoms with Gasteiger partial charge in [0.1, 0.15) is 41.0 Å². The molecule has 18 heteroatoms. The van der Waals surface area contributed by atoms with Crippen LogP contribution in [0.2, 0.25) is 0 Å². The number of methoxy groups -OCH3 is 2. The number of carbonyl (C=O) groups is 4. The quantitative estimate of drug-likeness (QED) is 0.0983. The summed E-state index contributed by atoms with van der Waals surface area (Å²) in [6.45, 7) is 8.64. The van der Waals surface area contributed by atoms with Gasteiger partial charge in [0.25, 0.3) is 0 Å². The number of hydrogen-bond donors (Lipinski definition) is 4. The lowest BCUT2D eigenvalue weighted by Crippen LogP contribution is -2.52. The van der Waals surface area contributed by atoms with Gasteiger partial charge in [-0.3, -0.25) is 9.59 Å². The summed E-state index contributed by atoms with van der Waals surface area (Å²) in [7, 11) is 2.55. The van der Waals surface area contributed by atoms with Crippen molar-refractivity contribution >= 4 is 34.9 Å². The highest BCUT2D eigenvalue weighted by molar-refractivity contribution is 5.93. The third kappa shape index (κ3) is 7.76. The van der Waals surface area contributed by atoms with E-state index in [-0.39, 0.29) is 41.8 Å². The fourth-order valence-electron chi connectivity index (χ4n) is 11.0. The molecule has 3 aromatic heterocycles. The number of halogens is 1. The van der Waals surface area contributed by atoms with Crippen LogP contribution in [-0.4, -0.2) is 104 Å². The van der Waals surface area contributed by atoms with E-state index in [4.69, 9.17) is 28.9 Å². The number of carbonyl (C=O) groups excluding carboxylic acids is 4. The van der Waals surface area contributed by atoms with E-state index in [2.05, 4.69) is 32.7 Å². The van der Waals surface area contributed by atoms with Gasteiger partial charge in [0.2, 0.25) is 18.0 Å². The van der Waals surface area contributed by atoms with Crippen LogP contribution in [0.25, 0.3) is 44.7 Å². The molecule has 7 atom stereocenters. The molecule has 17 nitrogen and oxygen atoms in total. The molecule has 1 saturated carbocycles. The molecule has 1 aliphatic carbocycles. The summed E-state index contributed by atoms with van der Waals surface area (Å²) in [6.07, 6.45) is 5.37. The van der Waals surface area contributed by atoms with Crippen molar-refractivity contribution in [1.29, 1.82) is 0 Å². The van der Waals surface area contributed by atoms with Gasteiger partial charge in [-0.2, -0.15) is 0 Å². The van der Waals surface area contributed by atoms with E-state index in [0.717, 1.165) is 64.7 Å². The Morgan fingerprint density at radius 3 is 2.21 bits per heavy atom. The van der Waals surface area contributed by atoms with E-state index >= 15 is 4.39 Å². The molecule has 0 radical (unpaired) electrons. The number of amides is 4. The Hall–Kier alpha value is -7.37. The number of alkyl carbamates (subject to hydrolysis) is 2. The van der Waals surface area contributed by atoms with Gasteiger partial charge in [-0.1, -0.05) is 45.9 Å². The zero-order chi connectivity index (χ0) is 48.7. The number of rotatable bonds is 11. The van der Waals surface area contributed by atoms with Crippen molar-refractivity contribution in [3.05, 3.63) is 95.6 Å². The first-order valence-electron chi connectivity index (χ1n) is 24.1. The molecule has 6 aromatic rings. The summed E-state index contributed by atoms with van der Waals surface area (Å²) in [6, 6.07) is 15.4. The largest absolute Gasteiger partial charge is 0.493 e. The van der Waals surface area contributed by atoms with Crippen LogP contribution >= 0.6 is 0 Å². The number of nitrogens with one attached hydrogen (secondary N) is 4. The molecule has 4 aliphatic heterocycles. The van der Waals surface area contributed by atoms with Gasteiger partial charge in [-0.05, 0) is 85.4 Å². The van der Waals surface area contributed by atoms with E-state index in [0.29, 0.717) is 65.4 Å². The molecule has 364 valence electrons. The fraction of sp³-hybridized carbons (Fsp3) is 0.423.